The number of nitrogens with zero attached hydrogens (tertiary/aromatic N) is 2. The molecule has 8 heteroatoms. The van der Waals surface area contributed by atoms with Crippen LogP contribution in [-0.2, 0) is 17.8 Å². The van der Waals surface area contributed by atoms with Crippen LogP contribution in [0.2, 0.25) is 0 Å². The predicted molar refractivity (Wildman–Crippen MR) is 124 cm³/mol. The molecule has 180 valence electrons. The van der Waals surface area contributed by atoms with Gasteiger partial charge in [-0.3, -0.25) is 9.59 Å². The fourth-order valence-electron chi connectivity index (χ4n) is 4.63. The van der Waals surface area contributed by atoms with E-state index in [1.165, 1.54) is 18.4 Å². The topological polar surface area (TPSA) is 84.7 Å². The zero-order chi connectivity index (χ0) is 23.9. The molecule has 0 spiro atoms. The van der Waals surface area contributed by atoms with E-state index in [0.29, 0.717) is 18.2 Å². The Kier molecular flexibility index (Phi) is 5.51. The third kappa shape index (κ3) is 4.65. The smallest absolute Gasteiger partial charge is 0.273 e. The van der Waals surface area contributed by atoms with Crippen molar-refractivity contribution in [1.29, 1.82) is 0 Å². The molecule has 2 fully saturated rings. The lowest BCUT2D eigenvalue weighted by atomic mass is 9.87. The first-order chi connectivity index (χ1) is 17.0. The van der Waals surface area contributed by atoms with Crippen molar-refractivity contribution >= 4 is 11.8 Å². The largest absolute Gasteiger partial charge is 0.484 e. The van der Waals surface area contributed by atoms with Gasteiger partial charge in [-0.2, -0.15) is 0 Å². The van der Waals surface area contributed by atoms with Gasteiger partial charge in [0.25, 0.3) is 5.91 Å². The fourth-order valence-corrected chi connectivity index (χ4v) is 4.63. The summed E-state index contributed by atoms with van der Waals surface area (Å²) in [6.07, 6.45) is 5.90. The molecule has 1 aromatic heterocycles. The minimum Gasteiger partial charge on any atom is -0.484 e. The Labute approximate surface area is 202 Å². The molecule has 6 rings (SSSR count). The molecule has 7 nitrogen and oxygen atoms in total. The molecule has 2 aliphatic carbocycles. The monoisotopic (exact) mass is 475 g/mol. The van der Waals surface area contributed by atoms with Crippen LogP contribution in [-0.4, -0.2) is 34.3 Å². The van der Waals surface area contributed by atoms with Crippen LogP contribution < -0.4 is 10.1 Å². The molecule has 2 saturated carbocycles. The fraction of sp³-hybridized carbons (Fsp3) is 0.370. The highest BCUT2D eigenvalue weighted by Crippen LogP contribution is 2.41. The van der Waals surface area contributed by atoms with Gasteiger partial charge >= 0.3 is 0 Å². The van der Waals surface area contributed by atoms with Crippen LogP contribution >= 0.6 is 0 Å². The number of carbonyl (C=O) groups is 2. The van der Waals surface area contributed by atoms with Crippen LogP contribution in [0.4, 0.5) is 4.39 Å². The quantitative estimate of drug-likeness (QED) is 0.555. The number of halogens is 1. The Morgan fingerprint density at radius 2 is 2.00 bits per heavy atom. The summed E-state index contributed by atoms with van der Waals surface area (Å²) in [5.41, 5.74) is 3.03. The zero-order valence-electron chi connectivity index (χ0n) is 19.2. The van der Waals surface area contributed by atoms with E-state index in [4.69, 9.17) is 9.15 Å². The number of ether oxygens (including phenoxy) is 1. The van der Waals surface area contributed by atoms with Gasteiger partial charge in [-0.15, -0.1) is 0 Å². The molecule has 35 heavy (non-hydrogen) atoms. The summed E-state index contributed by atoms with van der Waals surface area (Å²) in [6.45, 7) is 0.663. The third-order valence-electron chi connectivity index (χ3n) is 6.78. The second-order valence-electron chi connectivity index (χ2n) is 9.54. The van der Waals surface area contributed by atoms with Crippen molar-refractivity contribution in [2.24, 2.45) is 5.92 Å². The first kappa shape index (κ1) is 21.8. The number of nitrogens with one attached hydrogen (secondary N) is 1. The molecule has 1 N–H and O–H groups in total. The zero-order valence-corrected chi connectivity index (χ0v) is 19.2. The van der Waals surface area contributed by atoms with Gasteiger partial charge in [0.1, 0.15) is 17.8 Å². The van der Waals surface area contributed by atoms with Crippen molar-refractivity contribution in [3.05, 3.63) is 82.8 Å². The average Bonchev–Trinajstić information content (AvgIpc) is 3.80. The van der Waals surface area contributed by atoms with E-state index in [0.717, 1.165) is 48.8 Å². The lowest BCUT2D eigenvalue weighted by Crippen LogP contribution is -2.41. The van der Waals surface area contributed by atoms with E-state index in [1.807, 2.05) is 29.2 Å². The molecule has 3 aliphatic rings. The Morgan fingerprint density at radius 1 is 1.14 bits per heavy atom. The molecule has 0 radical (unpaired) electrons. The highest BCUT2D eigenvalue weighted by molar-refractivity contribution is 5.92. The molecule has 0 bridgehead atoms. The van der Waals surface area contributed by atoms with Crippen molar-refractivity contribution in [3.8, 4) is 5.75 Å². The van der Waals surface area contributed by atoms with E-state index >= 15 is 0 Å². The summed E-state index contributed by atoms with van der Waals surface area (Å²) >= 11 is 0. The van der Waals surface area contributed by atoms with Gasteiger partial charge in [0.15, 0.2) is 12.3 Å². The lowest BCUT2D eigenvalue weighted by Gasteiger charge is -2.38. The summed E-state index contributed by atoms with van der Waals surface area (Å²) < 4.78 is 25.5. The SMILES string of the molecule is O=C(NC1CC1)c1coc(COc2ccc3c(c2)[C@H](c2cccc(F)c2)N(C(=O)C2CC2)CC3)n1. The normalized spacial score (nSPS) is 19.2. The van der Waals surface area contributed by atoms with E-state index in [1.54, 1.807) is 6.07 Å². The Morgan fingerprint density at radius 3 is 2.77 bits per heavy atom. The Hall–Kier alpha value is -3.68. The maximum atomic E-state index is 14.1. The molecule has 2 amide bonds. The molecular formula is C27H26FN3O4. The number of fused-ring (bicyclic) bond motifs is 1. The maximum Gasteiger partial charge on any atom is 0.273 e. The van der Waals surface area contributed by atoms with Gasteiger partial charge in [0.05, 0.1) is 6.04 Å². The van der Waals surface area contributed by atoms with Gasteiger partial charge in [-0.25, -0.2) is 9.37 Å². The molecule has 2 aromatic carbocycles. The van der Waals surface area contributed by atoms with E-state index in [-0.39, 0.29) is 47.9 Å². The minimum atomic E-state index is -0.370. The first-order valence-electron chi connectivity index (χ1n) is 12.1. The third-order valence-corrected chi connectivity index (χ3v) is 6.78. The summed E-state index contributed by atoms with van der Waals surface area (Å²) in [4.78, 5) is 31.4. The van der Waals surface area contributed by atoms with Crippen molar-refractivity contribution in [1.82, 2.24) is 15.2 Å². The number of oxazole rings is 1. The van der Waals surface area contributed by atoms with E-state index in [2.05, 4.69) is 10.3 Å². The molecular weight excluding hydrogens is 449 g/mol. The maximum absolute atomic E-state index is 14.1. The Bertz CT molecular complexity index is 1280. The van der Waals surface area contributed by atoms with Gasteiger partial charge in [0, 0.05) is 18.5 Å². The summed E-state index contributed by atoms with van der Waals surface area (Å²) in [5.74, 6) is 0.529. The van der Waals surface area contributed by atoms with Gasteiger partial charge in [-0.05, 0) is 73.1 Å². The molecule has 0 unspecified atom stereocenters. The molecule has 2 heterocycles. The molecule has 1 atom stereocenters. The summed E-state index contributed by atoms with van der Waals surface area (Å²) in [6, 6.07) is 12.1. The van der Waals surface area contributed by atoms with Crippen molar-refractivity contribution in [2.75, 3.05) is 6.54 Å². The van der Waals surface area contributed by atoms with Crippen LogP contribution in [0.3, 0.4) is 0 Å². The molecule has 1 aliphatic heterocycles. The predicted octanol–water partition coefficient (Wildman–Crippen LogP) is 4.17. The Balaban J connectivity index is 1.24. The highest BCUT2D eigenvalue weighted by atomic mass is 19.1. The number of benzene rings is 2. The highest BCUT2D eigenvalue weighted by Gasteiger charge is 2.39. The van der Waals surface area contributed by atoms with Crippen molar-refractivity contribution in [2.45, 2.75) is 50.8 Å². The second-order valence-corrected chi connectivity index (χ2v) is 9.54. The number of rotatable bonds is 7. The van der Waals surface area contributed by atoms with Crippen LogP contribution in [0, 0.1) is 11.7 Å². The number of carbonyl (C=O) groups excluding carboxylic acids is 2. The van der Waals surface area contributed by atoms with Crippen LogP contribution in [0.1, 0.15) is 64.8 Å². The molecule has 3 aromatic rings. The van der Waals surface area contributed by atoms with Crippen molar-refractivity contribution in [3.63, 3.8) is 0 Å². The number of aromatic nitrogens is 1. The number of hydrogen-bond acceptors (Lipinski definition) is 5. The number of hydrogen-bond donors (Lipinski definition) is 1. The van der Waals surface area contributed by atoms with Crippen LogP contribution in [0.5, 0.6) is 5.75 Å². The molecule has 0 saturated heterocycles. The van der Waals surface area contributed by atoms with Gasteiger partial charge in [0.2, 0.25) is 11.8 Å². The summed E-state index contributed by atoms with van der Waals surface area (Å²) in [7, 11) is 0. The second kappa shape index (κ2) is 8.83. The number of amides is 2. The summed E-state index contributed by atoms with van der Waals surface area (Å²) in [5, 5.41) is 2.88. The average molecular weight is 476 g/mol. The van der Waals surface area contributed by atoms with Crippen LogP contribution in [0.25, 0.3) is 0 Å². The minimum absolute atomic E-state index is 0.0604. The standard InChI is InChI=1S/C27H26FN3O4/c28-19-3-1-2-18(12-19)25-22-13-21(9-6-16(22)10-11-31(25)27(33)17-4-5-17)34-15-24-30-23(14-35-24)26(32)29-20-7-8-20/h1-3,6,9,12-14,17,20,25H,4-5,7-8,10-11,15H2,(H,29,32)/t25-/m0/s1. The van der Waals surface area contributed by atoms with Gasteiger partial charge in [-0.1, -0.05) is 18.2 Å². The van der Waals surface area contributed by atoms with Crippen molar-refractivity contribution < 1.29 is 23.1 Å². The van der Waals surface area contributed by atoms with Gasteiger partial charge < -0.3 is 19.4 Å². The lowest BCUT2D eigenvalue weighted by molar-refractivity contribution is -0.134. The van der Waals surface area contributed by atoms with Crippen LogP contribution in [0.15, 0.2) is 53.1 Å². The van der Waals surface area contributed by atoms with E-state index in [9.17, 15) is 14.0 Å². The first-order valence-corrected chi connectivity index (χ1v) is 12.1. The van der Waals surface area contributed by atoms with E-state index < -0.39 is 0 Å².